The molecule has 23 heavy (non-hydrogen) atoms. The van der Waals surface area contributed by atoms with Crippen LogP contribution in [0.15, 0.2) is 48.5 Å². The standard InChI is InChI=1S/C17H16FNO4/c1-22-17(21)12-5-4-6-13(11-12)19-16(20)9-10-23-15-8-3-2-7-14(15)18/h2-8,11H,9-10H2,1H3,(H,19,20). The van der Waals surface area contributed by atoms with Crippen molar-refractivity contribution in [2.45, 2.75) is 6.42 Å². The van der Waals surface area contributed by atoms with Gasteiger partial charge in [0, 0.05) is 5.69 Å². The third-order valence-corrected chi connectivity index (χ3v) is 2.99. The average molecular weight is 317 g/mol. The van der Waals surface area contributed by atoms with E-state index >= 15 is 0 Å². The van der Waals surface area contributed by atoms with E-state index in [0.29, 0.717) is 11.3 Å². The zero-order chi connectivity index (χ0) is 16.7. The first-order valence-electron chi connectivity index (χ1n) is 6.95. The van der Waals surface area contributed by atoms with Crippen molar-refractivity contribution >= 4 is 17.6 Å². The van der Waals surface area contributed by atoms with Crippen molar-refractivity contribution in [3.05, 3.63) is 59.9 Å². The Balaban J connectivity index is 1.85. The lowest BCUT2D eigenvalue weighted by molar-refractivity contribution is -0.116. The van der Waals surface area contributed by atoms with Crippen LogP contribution >= 0.6 is 0 Å². The third kappa shape index (κ3) is 4.81. The molecule has 2 aromatic rings. The van der Waals surface area contributed by atoms with E-state index in [1.165, 1.54) is 25.3 Å². The molecule has 0 aliphatic rings. The molecule has 0 unspecified atom stereocenters. The molecule has 0 bridgehead atoms. The summed E-state index contributed by atoms with van der Waals surface area (Å²) in [6.45, 7) is 0.0451. The van der Waals surface area contributed by atoms with Crippen molar-refractivity contribution in [1.29, 1.82) is 0 Å². The Kier molecular flexibility index (Phi) is 5.68. The molecule has 0 atom stereocenters. The minimum absolute atomic E-state index is 0.0451. The molecule has 0 aliphatic carbocycles. The van der Waals surface area contributed by atoms with Crippen LogP contribution in [0.5, 0.6) is 5.75 Å². The van der Waals surface area contributed by atoms with E-state index in [1.54, 1.807) is 30.3 Å². The number of hydrogen-bond acceptors (Lipinski definition) is 4. The molecule has 1 N–H and O–H groups in total. The van der Waals surface area contributed by atoms with Gasteiger partial charge in [-0.3, -0.25) is 4.79 Å². The Bertz CT molecular complexity index is 702. The third-order valence-electron chi connectivity index (χ3n) is 2.99. The summed E-state index contributed by atoms with van der Waals surface area (Å²) in [6, 6.07) is 12.4. The Hall–Kier alpha value is -2.89. The van der Waals surface area contributed by atoms with Gasteiger partial charge in [0.25, 0.3) is 0 Å². The predicted molar refractivity (Wildman–Crippen MR) is 82.9 cm³/mol. The molecule has 2 rings (SSSR count). The van der Waals surface area contributed by atoms with Gasteiger partial charge in [-0.1, -0.05) is 18.2 Å². The smallest absolute Gasteiger partial charge is 0.337 e. The second-order valence-corrected chi connectivity index (χ2v) is 4.65. The van der Waals surface area contributed by atoms with Gasteiger partial charge in [0.1, 0.15) is 0 Å². The van der Waals surface area contributed by atoms with E-state index in [4.69, 9.17) is 4.74 Å². The fourth-order valence-electron chi connectivity index (χ4n) is 1.88. The molecule has 2 aromatic carbocycles. The van der Waals surface area contributed by atoms with Crippen LogP contribution < -0.4 is 10.1 Å². The van der Waals surface area contributed by atoms with Gasteiger partial charge in [0.15, 0.2) is 11.6 Å². The number of amides is 1. The average Bonchev–Trinajstić information content (AvgIpc) is 2.56. The number of benzene rings is 2. The zero-order valence-corrected chi connectivity index (χ0v) is 12.5. The highest BCUT2D eigenvalue weighted by molar-refractivity contribution is 5.94. The molecule has 0 saturated heterocycles. The molecule has 6 heteroatoms. The number of methoxy groups -OCH3 is 1. The number of para-hydroxylation sites is 1. The molecule has 0 saturated carbocycles. The number of carbonyl (C=O) groups is 2. The zero-order valence-electron chi connectivity index (χ0n) is 12.5. The van der Waals surface area contributed by atoms with Crippen molar-refractivity contribution in [3.8, 4) is 5.75 Å². The van der Waals surface area contributed by atoms with Crippen LogP contribution in [-0.4, -0.2) is 25.6 Å². The number of ether oxygens (including phenoxy) is 2. The molecule has 120 valence electrons. The molecular weight excluding hydrogens is 301 g/mol. The van der Waals surface area contributed by atoms with Gasteiger partial charge in [0.05, 0.1) is 25.7 Å². The Labute approximate surface area is 133 Å². The molecule has 1 amide bonds. The summed E-state index contributed by atoms with van der Waals surface area (Å²) in [5.41, 5.74) is 0.816. The molecule has 0 aliphatic heterocycles. The van der Waals surface area contributed by atoms with Gasteiger partial charge < -0.3 is 14.8 Å². The Morgan fingerprint density at radius 3 is 2.65 bits per heavy atom. The first-order valence-corrected chi connectivity index (χ1v) is 6.95. The van der Waals surface area contributed by atoms with Crippen LogP contribution in [0.3, 0.4) is 0 Å². The van der Waals surface area contributed by atoms with Crippen molar-refractivity contribution in [1.82, 2.24) is 0 Å². The lowest BCUT2D eigenvalue weighted by atomic mass is 10.2. The maximum atomic E-state index is 13.3. The van der Waals surface area contributed by atoms with Gasteiger partial charge in [0.2, 0.25) is 5.91 Å². The van der Waals surface area contributed by atoms with E-state index in [0.717, 1.165) is 0 Å². The SMILES string of the molecule is COC(=O)c1cccc(NC(=O)CCOc2ccccc2F)c1. The maximum Gasteiger partial charge on any atom is 0.337 e. The number of rotatable bonds is 6. The molecule has 0 heterocycles. The molecule has 0 aromatic heterocycles. The highest BCUT2D eigenvalue weighted by Gasteiger charge is 2.08. The fourth-order valence-corrected chi connectivity index (χ4v) is 1.88. The summed E-state index contributed by atoms with van der Waals surface area (Å²) in [4.78, 5) is 23.3. The summed E-state index contributed by atoms with van der Waals surface area (Å²) >= 11 is 0. The van der Waals surface area contributed by atoms with Gasteiger partial charge in [-0.05, 0) is 30.3 Å². The van der Waals surface area contributed by atoms with Crippen LogP contribution in [-0.2, 0) is 9.53 Å². The van der Waals surface area contributed by atoms with Crippen molar-refractivity contribution < 1.29 is 23.5 Å². The van der Waals surface area contributed by atoms with E-state index in [2.05, 4.69) is 10.1 Å². The Morgan fingerprint density at radius 2 is 1.91 bits per heavy atom. The number of anilines is 1. The van der Waals surface area contributed by atoms with Crippen LogP contribution in [0.25, 0.3) is 0 Å². The molecular formula is C17H16FNO4. The lowest BCUT2D eigenvalue weighted by Gasteiger charge is -2.08. The van der Waals surface area contributed by atoms with Crippen molar-refractivity contribution in [2.75, 3.05) is 19.0 Å². The van der Waals surface area contributed by atoms with E-state index in [9.17, 15) is 14.0 Å². The second kappa shape index (κ2) is 7.93. The summed E-state index contributed by atoms with van der Waals surface area (Å²) < 4.78 is 23.2. The summed E-state index contributed by atoms with van der Waals surface area (Å²) in [7, 11) is 1.29. The highest BCUT2D eigenvalue weighted by Crippen LogP contribution is 2.16. The first kappa shape index (κ1) is 16.5. The molecule has 0 fully saturated rings. The van der Waals surface area contributed by atoms with Gasteiger partial charge in [-0.15, -0.1) is 0 Å². The lowest BCUT2D eigenvalue weighted by Crippen LogP contribution is -2.15. The molecule has 0 radical (unpaired) electrons. The van der Waals surface area contributed by atoms with Gasteiger partial charge in [-0.2, -0.15) is 0 Å². The minimum Gasteiger partial charge on any atom is -0.490 e. The first-order chi connectivity index (χ1) is 11.1. The van der Waals surface area contributed by atoms with E-state index < -0.39 is 11.8 Å². The number of halogens is 1. The minimum atomic E-state index is -0.482. The maximum absolute atomic E-state index is 13.3. The van der Waals surface area contributed by atoms with Crippen LogP contribution in [0.4, 0.5) is 10.1 Å². The number of esters is 1. The topological polar surface area (TPSA) is 64.6 Å². The van der Waals surface area contributed by atoms with Gasteiger partial charge in [-0.25, -0.2) is 9.18 Å². The van der Waals surface area contributed by atoms with Crippen molar-refractivity contribution in [2.24, 2.45) is 0 Å². The quantitative estimate of drug-likeness (QED) is 0.832. The number of carbonyl (C=O) groups excluding carboxylic acids is 2. The number of nitrogens with one attached hydrogen (secondary N) is 1. The highest BCUT2D eigenvalue weighted by atomic mass is 19.1. The van der Waals surface area contributed by atoms with Gasteiger partial charge >= 0.3 is 5.97 Å². The van der Waals surface area contributed by atoms with E-state index in [-0.39, 0.29) is 24.7 Å². The summed E-state index contributed by atoms with van der Waals surface area (Å²) in [5.74, 6) is -1.15. The van der Waals surface area contributed by atoms with E-state index in [1.807, 2.05) is 0 Å². The summed E-state index contributed by atoms with van der Waals surface area (Å²) in [5, 5.41) is 2.64. The largest absolute Gasteiger partial charge is 0.490 e. The molecule has 0 spiro atoms. The second-order valence-electron chi connectivity index (χ2n) is 4.65. The monoisotopic (exact) mass is 317 g/mol. The fraction of sp³-hybridized carbons (Fsp3) is 0.176. The predicted octanol–water partition coefficient (Wildman–Crippen LogP) is 3.02. The number of hydrogen-bond donors (Lipinski definition) is 1. The van der Waals surface area contributed by atoms with Crippen LogP contribution in [0.2, 0.25) is 0 Å². The normalized spacial score (nSPS) is 10.0. The van der Waals surface area contributed by atoms with Crippen molar-refractivity contribution in [3.63, 3.8) is 0 Å². The Morgan fingerprint density at radius 1 is 1.13 bits per heavy atom. The molecule has 5 nitrogen and oxygen atoms in total. The summed E-state index contributed by atoms with van der Waals surface area (Å²) in [6.07, 6.45) is 0.0524. The van der Waals surface area contributed by atoms with Crippen LogP contribution in [0, 0.1) is 5.82 Å². The van der Waals surface area contributed by atoms with Crippen LogP contribution in [0.1, 0.15) is 16.8 Å².